The summed E-state index contributed by atoms with van der Waals surface area (Å²) < 4.78 is 0.972. The van der Waals surface area contributed by atoms with E-state index in [1.165, 1.54) is 19.3 Å². The van der Waals surface area contributed by atoms with Crippen LogP contribution >= 0.6 is 15.9 Å². The highest BCUT2D eigenvalue weighted by Crippen LogP contribution is 2.32. The third kappa shape index (κ3) is 3.13. The smallest absolute Gasteiger partial charge is 0.148 e. The van der Waals surface area contributed by atoms with Crippen LogP contribution in [0.1, 0.15) is 32.6 Å². The van der Waals surface area contributed by atoms with Gasteiger partial charge in [0.15, 0.2) is 0 Å². The van der Waals surface area contributed by atoms with Crippen LogP contribution in [0.3, 0.4) is 0 Å². The zero-order valence-electron chi connectivity index (χ0n) is 11.1. The summed E-state index contributed by atoms with van der Waals surface area (Å²) in [5.74, 6) is 2.71. The largest absolute Gasteiger partial charge is 0.369 e. The number of anilines is 2. The minimum atomic E-state index is 0.837. The maximum Gasteiger partial charge on any atom is 0.148 e. The van der Waals surface area contributed by atoms with Gasteiger partial charge in [-0.05, 0) is 41.1 Å². The molecule has 5 heteroatoms. The van der Waals surface area contributed by atoms with Crippen molar-refractivity contribution in [3.63, 3.8) is 0 Å². The molecular formula is C13H21BrN4. The summed E-state index contributed by atoms with van der Waals surface area (Å²) in [6.45, 7) is 4.16. The number of nitrogens with one attached hydrogen (secondary N) is 1. The maximum absolute atomic E-state index is 4.39. The maximum atomic E-state index is 4.39. The number of aromatic nitrogens is 2. The van der Waals surface area contributed by atoms with Gasteiger partial charge in [-0.3, -0.25) is 0 Å². The quantitative estimate of drug-likeness (QED) is 0.875. The third-order valence-electron chi connectivity index (χ3n) is 3.43. The molecule has 1 heterocycles. The molecule has 0 spiro atoms. The summed E-state index contributed by atoms with van der Waals surface area (Å²) in [5, 5.41) is 3.31. The standard InChI is InChI=1S/C13H21BrN4/c1-3-7-15-12-11(14)13(17-9-16-12)18(2)8-10-5-4-6-10/h9-10H,3-8H2,1-2H3,(H,15,16,17). The lowest BCUT2D eigenvalue weighted by molar-refractivity contribution is 0.321. The second-order valence-corrected chi connectivity index (χ2v) is 5.76. The van der Waals surface area contributed by atoms with E-state index >= 15 is 0 Å². The molecule has 0 atom stereocenters. The van der Waals surface area contributed by atoms with Crippen molar-refractivity contribution in [1.82, 2.24) is 9.97 Å². The predicted molar refractivity (Wildman–Crippen MR) is 79.1 cm³/mol. The number of hydrogen-bond donors (Lipinski definition) is 1. The fourth-order valence-electron chi connectivity index (χ4n) is 2.14. The van der Waals surface area contributed by atoms with Crippen molar-refractivity contribution < 1.29 is 0 Å². The average Bonchev–Trinajstić information content (AvgIpc) is 2.32. The Labute approximate surface area is 117 Å². The van der Waals surface area contributed by atoms with E-state index in [9.17, 15) is 0 Å². The molecule has 1 N–H and O–H groups in total. The number of hydrogen-bond acceptors (Lipinski definition) is 4. The van der Waals surface area contributed by atoms with Crippen molar-refractivity contribution in [3.8, 4) is 0 Å². The van der Waals surface area contributed by atoms with Crippen molar-refractivity contribution in [2.24, 2.45) is 5.92 Å². The van der Waals surface area contributed by atoms with Crippen LogP contribution in [0, 0.1) is 5.92 Å². The van der Waals surface area contributed by atoms with Gasteiger partial charge in [0.2, 0.25) is 0 Å². The van der Waals surface area contributed by atoms with Crippen LogP contribution in [0.4, 0.5) is 11.6 Å². The van der Waals surface area contributed by atoms with E-state index in [1.54, 1.807) is 6.33 Å². The fourth-order valence-corrected chi connectivity index (χ4v) is 2.79. The van der Waals surface area contributed by atoms with Crippen molar-refractivity contribution in [2.75, 3.05) is 30.4 Å². The molecule has 1 aromatic rings. The lowest BCUT2D eigenvalue weighted by Gasteiger charge is -2.31. The van der Waals surface area contributed by atoms with Gasteiger partial charge in [0.1, 0.15) is 22.4 Å². The van der Waals surface area contributed by atoms with Crippen LogP contribution < -0.4 is 10.2 Å². The minimum absolute atomic E-state index is 0.837. The molecule has 4 nitrogen and oxygen atoms in total. The van der Waals surface area contributed by atoms with Gasteiger partial charge in [0.25, 0.3) is 0 Å². The predicted octanol–water partition coefficient (Wildman–Crippen LogP) is 3.30. The molecule has 1 fully saturated rings. The van der Waals surface area contributed by atoms with E-state index in [2.05, 4.69) is 50.1 Å². The lowest BCUT2D eigenvalue weighted by Crippen LogP contribution is -2.30. The van der Waals surface area contributed by atoms with Gasteiger partial charge in [0, 0.05) is 20.1 Å². The van der Waals surface area contributed by atoms with E-state index in [-0.39, 0.29) is 0 Å². The minimum Gasteiger partial charge on any atom is -0.369 e. The van der Waals surface area contributed by atoms with E-state index in [1.807, 2.05) is 0 Å². The van der Waals surface area contributed by atoms with Gasteiger partial charge >= 0.3 is 0 Å². The van der Waals surface area contributed by atoms with Gasteiger partial charge < -0.3 is 10.2 Å². The normalized spacial score (nSPS) is 15.3. The summed E-state index contributed by atoms with van der Waals surface area (Å²) in [5.41, 5.74) is 0. The molecule has 1 aliphatic carbocycles. The monoisotopic (exact) mass is 312 g/mol. The van der Waals surface area contributed by atoms with Gasteiger partial charge in [-0.15, -0.1) is 0 Å². The second kappa shape index (κ2) is 6.36. The van der Waals surface area contributed by atoms with Crippen molar-refractivity contribution >= 4 is 27.6 Å². The molecule has 0 radical (unpaired) electrons. The molecule has 18 heavy (non-hydrogen) atoms. The Kier molecular flexibility index (Phi) is 4.80. The SMILES string of the molecule is CCCNc1ncnc(N(C)CC2CCC2)c1Br. The van der Waals surface area contributed by atoms with Gasteiger partial charge in [-0.25, -0.2) is 9.97 Å². The molecule has 2 rings (SSSR count). The van der Waals surface area contributed by atoms with Crippen molar-refractivity contribution in [3.05, 3.63) is 10.8 Å². The average molecular weight is 313 g/mol. The summed E-state index contributed by atoms with van der Waals surface area (Å²) >= 11 is 3.61. The van der Waals surface area contributed by atoms with Crippen LogP contribution in [0.25, 0.3) is 0 Å². The molecule has 0 amide bonds. The highest BCUT2D eigenvalue weighted by atomic mass is 79.9. The summed E-state index contributed by atoms with van der Waals surface area (Å²) in [4.78, 5) is 10.9. The highest BCUT2D eigenvalue weighted by molar-refractivity contribution is 9.10. The molecule has 1 aromatic heterocycles. The zero-order chi connectivity index (χ0) is 13.0. The van der Waals surface area contributed by atoms with Crippen molar-refractivity contribution in [2.45, 2.75) is 32.6 Å². The molecule has 0 saturated heterocycles. The molecule has 100 valence electrons. The zero-order valence-corrected chi connectivity index (χ0v) is 12.7. The Morgan fingerprint density at radius 3 is 2.83 bits per heavy atom. The summed E-state index contributed by atoms with van der Waals surface area (Å²) in [6, 6.07) is 0. The Bertz CT molecular complexity index is 393. The summed E-state index contributed by atoms with van der Waals surface area (Å²) in [7, 11) is 2.11. The van der Waals surface area contributed by atoms with Crippen molar-refractivity contribution in [1.29, 1.82) is 0 Å². The first kappa shape index (κ1) is 13.6. The third-order valence-corrected chi connectivity index (χ3v) is 4.16. The van der Waals surface area contributed by atoms with Gasteiger partial charge in [-0.1, -0.05) is 13.3 Å². The van der Waals surface area contributed by atoms with Crippen LogP contribution in [0.2, 0.25) is 0 Å². The first-order valence-corrected chi connectivity index (χ1v) is 7.47. The van der Waals surface area contributed by atoms with Crippen LogP contribution in [-0.4, -0.2) is 30.1 Å². The fraction of sp³-hybridized carbons (Fsp3) is 0.692. The van der Waals surface area contributed by atoms with Gasteiger partial charge in [-0.2, -0.15) is 0 Å². The van der Waals surface area contributed by atoms with Crippen LogP contribution in [0.15, 0.2) is 10.8 Å². The van der Waals surface area contributed by atoms with Crippen LogP contribution in [-0.2, 0) is 0 Å². The van der Waals surface area contributed by atoms with Gasteiger partial charge in [0.05, 0.1) is 0 Å². The van der Waals surface area contributed by atoms with E-state index in [0.29, 0.717) is 0 Å². The second-order valence-electron chi connectivity index (χ2n) is 4.96. The first-order chi connectivity index (χ1) is 8.72. The number of rotatable bonds is 6. The number of halogens is 1. The molecule has 0 aliphatic heterocycles. The lowest BCUT2D eigenvalue weighted by atomic mass is 9.85. The Morgan fingerprint density at radius 2 is 2.22 bits per heavy atom. The first-order valence-electron chi connectivity index (χ1n) is 6.68. The van der Waals surface area contributed by atoms with Crippen LogP contribution in [0.5, 0.6) is 0 Å². The highest BCUT2D eigenvalue weighted by Gasteiger charge is 2.21. The topological polar surface area (TPSA) is 41.1 Å². The van der Waals surface area contributed by atoms with E-state index in [0.717, 1.165) is 41.5 Å². The molecule has 1 aliphatic rings. The Morgan fingerprint density at radius 1 is 1.44 bits per heavy atom. The Hall–Kier alpha value is -0.840. The summed E-state index contributed by atoms with van der Waals surface area (Å²) in [6.07, 6.45) is 6.81. The van der Waals surface area contributed by atoms with E-state index < -0.39 is 0 Å². The molecule has 1 saturated carbocycles. The Balaban J connectivity index is 2.06. The molecule has 0 unspecified atom stereocenters. The molecule has 0 bridgehead atoms. The van der Waals surface area contributed by atoms with E-state index in [4.69, 9.17) is 0 Å². The molecular weight excluding hydrogens is 292 g/mol. The molecule has 0 aromatic carbocycles. The number of nitrogens with zero attached hydrogens (tertiary/aromatic N) is 3.